The number of hydrogen-bond acceptors (Lipinski definition) is 6. The molecule has 212 valence electrons. The third kappa shape index (κ3) is 5.60. The number of nitrogens with one attached hydrogen (secondary N) is 1. The maximum absolute atomic E-state index is 14.5. The fourth-order valence-corrected chi connectivity index (χ4v) is 5.20. The summed E-state index contributed by atoms with van der Waals surface area (Å²) in [6, 6.07) is 5.45. The van der Waals surface area contributed by atoms with E-state index in [2.05, 4.69) is 10.3 Å². The number of carbonyl (C=O) groups excluding carboxylic acids is 3. The second kappa shape index (κ2) is 10.9. The van der Waals surface area contributed by atoms with Gasteiger partial charge in [0.05, 0.1) is 11.9 Å². The third-order valence-electron chi connectivity index (χ3n) is 6.81. The van der Waals surface area contributed by atoms with Gasteiger partial charge >= 0.3 is 6.01 Å². The van der Waals surface area contributed by atoms with Crippen molar-refractivity contribution in [2.45, 2.75) is 49.7 Å². The van der Waals surface area contributed by atoms with E-state index in [1.165, 1.54) is 18.2 Å². The SMILES string of the molecule is N#Cc1cnc(N2C(=O)CCC2C(=O)N(c2cc(F)cc(F)c2)[C@H](C(=O)NC2CC(F)(F)C2)c2ccccc2Cl)o1. The molecule has 41 heavy (non-hydrogen) atoms. The largest absolute Gasteiger partial charge is 0.412 e. The topological polar surface area (TPSA) is 120 Å². The molecule has 0 spiro atoms. The second-order valence-corrected chi connectivity index (χ2v) is 10.1. The summed E-state index contributed by atoms with van der Waals surface area (Å²) in [5.41, 5.74) is -0.356. The molecular formula is C27H20ClF4N5O4. The molecule has 3 amide bonds. The van der Waals surface area contributed by atoms with Crippen molar-refractivity contribution < 1.29 is 36.4 Å². The third-order valence-corrected chi connectivity index (χ3v) is 7.16. The molecule has 14 heteroatoms. The normalized spacial score (nSPS) is 18.9. The highest BCUT2D eigenvalue weighted by molar-refractivity contribution is 6.31. The van der Waals surface area contributed by atoms with Crippen LogP contribution in [0.4, 0.5) is 29.3 Å². The Labute approximate surface area is 235 Å². The predicted octanol–water partition coefficient (Wildman–Crippen LogP) is 4.66. The molecule has 1 N–H and O–H groups in total. The molecule has 1 aliphatic carbocycles. The van der Waals surface area contributed by atoms with Crippen LogP contribution in [-0.4, -0.2) is 40.7 Å². The van der Waals surface area contributed by atoms with E-state index in [-0.39, 0.29) is 35.2 Å². The maximum Gasteiger partial charge on any atom is 0.306 e. The van der Waals surface area contributed by atoms with E-state index in [1.807, 2.05) is 0 Å². The number of oxazole rings is 1. The Morgan fingerprint density at radius 2 is 1.88 bits per heavy atom. The lowest BCUT2D eigenvalue weighted by Gasteiger charge is -2.39. The van der Waals surface area contributed by atoms with Crippen molar-refractivity contribution in [2.75, 3.05) is 9.80 Å². The van der Waals surface area contributed by atoms with E-state index < -0.39 is 71.9 Å². The first kappa shape index (κ1) is 28.1. The molecule has 1 saturated heterocycles. The Balaban J connectivity index is 1.62. The van der Waals surface area contributed by atoms with Crippen molar-refractivity contribution in [1.29, 1.82) is 5.26 Å². The van der Waals surface area contributed by atoms with Crippen molar-refractivity contribution in [3.63, 3.8) is 0 Å². The lowest BCUT2D eigenvalue weighted by atomic mass is 9.87. The molecule has 0 bridgehead atoms. The van der Waals surface area contributed by atoms with E-state index in [0.717, 1.165) is 28.1 Å². The Morgan fingerprint density at radius 1 is 1.20 bits per heavy atom. The van der Waals surface area contributed by atoms with Crippen LogP contribution < -0.4 is 15.1 Å². The highest BCUT2D eigenvalue weighted by Gasteiger charge is 2.49. The van der Waals surface area contributed by atoms with Gasteiger partial charge in [0.2, 0.25) is 17.6 Å². The summed E-state index contributed by atoms with van der Waals surface area (Å²) in [5, 5.41) is 11.6. The number of anilines is 2. The van der Waals surface area contributed by atoms with E-state index in [1.54, 1.807) is 12.1 Å². The van der Waals surface area contributed by atoms with E-state index >= 15 is 0 Å². The van der Waals surface area contributed by atoms with E-state index in [9.17, 15) is 31.9 Å². The molecule has 2 fully saturated rings. The number of alkyl halides is 2. The minimum atomic E-state index is -2.97. The average molecular weight is 590 g/mol. The molecule has 3 aromatic rings. The van der Waals surface area contributed by atoms with Gasteiger partial charge in [-0.15, -0.1) is 0 Å². The number of aromatic nitrogens is 1. The smallest absolute Gasteiger partial charge is 0.306 e. The quantitative estimate of drug-likeness (QED) is 0.400. The minimum Gasteiger partial charge on any atom is -0.412 e. The van der Waals surface area contributed by atoms with Crippen LogP contribution >= 0.6 is 11.6 Å². The van der Waals surface area contributed by atoms with Gasteiger partial charge < -0.3 is 9.73 Å². The molecule has 1 aliphatic heterocycles. The van der Waals surface area contributed by atoms with Gasteiger partial charge in [0.15, 0.2) is 0 Å². The van der Waals surface area contributed by atoms with Crippen molar-refractivity contribution in [2.24, 2.45) is 0 Å². The van der Waals surface area contributed by atoms with Crippen molar-refractivity contribution in [3.05, 3.63) is 76.6 Å². The summed E-state index contributed by atoms with van der Waals surface area (Å²) in [7, 11) is 0. The molecule has 2 aromatic carbocycles. The molecule has 0 radical (unpaired) electrons. The lowest BCUT2D eigenvalue weighted by Crippen LogP contribution is -2.56. The van der Waals surface area contributed by atoms with Gasteiger partial charge in [0, 0.05) is 42.0 Å². The summed E-state index contributed by atoms with van der Waals surface area (Å²) < 4.78 is 61.3. The van der Waals surface area contributed by atoms with Gasteiger partial charge in [-0.2, -0.15) is 5.26 Å². The molecular weight excluding hydrogens is 570 g/mol. The van der Waals surface area contributed by atoms with Crippen LogP contribution in [0.1, 0.15) is 43.0 Å². The van der Waals surface area contributed by atoms with Crippen LogP contribution in [0.15, 0.2) is 53.1 Å². The monoisotopic (exact) mass is 589 g/mol. The Bertz CT molecular complexity index is 1550. The zero-order valence-electron chi connectivity index (χ0n) is 21.0. The Kier molecular flexibility index (Phi) is 7.44. The highest BCUT2D eigenvalue weighted by Crippen LogP contribution is 2.40. The molecule has 2 heterocycles. The Morgan fingerprint density at radius 3 is 2.49 bits per heavy atom. The second-order valence-electron chi connectivity index (χ2n) is 9.67. The fraction of sp³-hybridized carbons (Fsp3) is 0.296. The van der Waals surface area contributed by atoms with Crippen molar-refractivity contribution in [3.8, 4) is 6.07 Å². The van der Waals surface area contributed by atoms with Gasteiger partial charge in [0.25, 0.3) is 11.8 Å². The summed E-state index contributed by atoms with van der Waals surface area (Å²) in [4.78, 5) is 46.4. The average Bonchev–Trinajstić information content (AvgIpc) is 3.51. The number of hydrogen-bond donors (Lipinski definition) is 1. The molecule has 9 nitrogen and oxygen atoms in total. The first-order valence-electron chi connectivity index (χ1n) is 12.4. The standard InChI is InChI=1S/C27H20ClF4N5O4/c28-20-4-2-1-3-19(20)23(24(39)35-16-10-27(31,32)11-16)36(17-8-14(29)7-15(30)9-17)25(40)21-5-6-22(38)37(21)26-34-13-18(12-33)41-26/h1-4,7-9,13,16,21,23H,5-6,10-11H2,(H,35,39)/t21?,23-/m0/s1. The first-order chi connectivity index (χ1) is 19.5. The van der Waals surface area contributed by atoms with Crippen molar-refractivity contribution >= 4 is 41.0 Å². The van der Waals surface area contributed by atoms with Crippen LogP contribution in [0, 0.1) is 23.0 Å². The number of carbonyl (C=O) groups is 3. The molecule has 5 rings (SSSR count). The van der Waals surface area contributed by atoms with Crippen LogP contribution in [0.5, 0.6) is 0 Å². The van der Waals surface area contributed by atoms with Crippen LogP contribution in [0.25, 0.3) is 0 Å². The van der Waals surface area contributed by atoms with E-state index in [0.29, 0.717) is 6.07 Å². The molecule has 2 atom stereocenters. The Hall–Kier alpha value is -4.44. The van der Waals surface area contributed by atoms with Crippen LogP contribution in [-0.2, 0) is 14.4 Å². The number of rotatable bonds is 7. The molecule has 1 saturated carbocycles. The minimum absolute atomic E-state index is 0.00646. The number of nitriles is 1. The van der Waals surface area contributed by atoms with Crippen LogP contribution in [0.3, 0.4) is 0 Å². The van der Waals surface area contributed by atoms with Gasteiger partial charge in [-0.3, -0.25) is 24.2 Å². The van der Waals surface area contributed by atoms with Crippen molar-refractivity contribution in [1.82, 2.24) is 10.3 Å². The van der Waals surface area contributed by atoms with Gasteiger partial charge in [-0.25, -0.2) is 22.5 Å². The van der Waals surface area contributed by atoms with E-state index in [4.69, 9.17) is 21.3 Å². The van der Waals surface area contributed by atoms with Gasteiger partial charge in [-0.1, -0.05) is 29.8 Å². The first-order valence-corrected chi connectivity index (χ1v) is 12.7. The highest BCUT2D eigenvalue weighted by atomic mass is 35.5. The molecule has 1 aromatic heterocycles. The zero-order valence-corrected chi connectivity index (χ0v) is 21.7. The fourth-order valence-electron chi connectivity index (χ4n) is 4.97. The number of benzene rings is 2. The lowest BCUT2D eigenvalue weighted by molar-refractivity contribution is -0.133. The maximum atomic E-state index is 14.5. The summed E-state index contributed by atoms with van der Waals surface area (Å²) in [5.74, 6) is -7.83. The number of halogens is 5. The van der Waals surface area contributed by atoms with Gasteiger partial charge in [0.1, 0.15) is 29.8 Å². The van der Waals surface area contributed by atoms with Crippen LogP contribution in [0.2, 0.25) is 5.02 Å². The predicted molar refractivity (Wildman–Crippen MR) is 136 cm³/mol. The summed E-state index contributed by atoms with van der Waals surface area (Å²) in [6.45, 7) is 0. The zero-order chi connectivity index (χ0) is 29.5. The summed E-state index contributed by atoms with van der Waals surface area (Å²) in [6.07, 6.45) is -0.454. The number of nitrogens with zero attached hydrogens (tertiary/aromatic N) is 4. The molecule has 2 aliphatic rings. The number of amides is 3. The summed E-state index contributed by atoms with van der Waals surface area (Å²) >= 11 is 6.41. The molecule has 1 unspecified atom stereocenters. The van der Waals surface area contributed by atoms with Gasteiger partial charge in [-0.05, 0) is 24.6 Å².